The van der Waals surface area contributed by atoms with Crippen LogP contribution in [0.2, 0.25) is 6.04 Å². The number of rotatable bonds is 10. The zero-order valence-corrected chi connectivity index (χ0v) is 17.3. The molecule has 0 saturated heterocycles. The van der Waals surface area contributed by atoms with Gasteiger partial charge in [0.1, 0.15) is 0 Å². The number of amides is 2. The molecule has 150 valence electrons. The van der Waals surface area contributed by atoms with Gasteiger partial charge in [0.25, 0.3) is 0 Å². The molecule has 0 radical (unpaired) electrons. The Kier molecular flexibility index (Phi) is 8.76. The molecule has 2 rings (SSSR count). The minimum absolute atomic E-state index is 0.279. The van der Waals surface area contributed by atoms with Crippen molar-refractivity contribution in [1.29, 1.82) is 0 Å². The van der Waals surface area contributed by atoms with Gasteiger partial charge >= 0.3 is 14.8 Å². The largest absolute Gasteiger partial charge is 0.500 e. The Labute approximate surface area is 166 Å². The minimum Gasteiger partial charge on any atom is -0.377 e. The average molecular weight is 403 g/mol. The second-order valence-electron chi connectivity index (χ2n) is 5.86. The van der Waals surface area contributed by atoms with Crippen LogP contribution in [0.15, 0.2) is 64.8 Å². The van der Waals surface area contributed by atoms with Crippen LogP contribution in [0.5, 0.6) is 0 Å². The number of hydrogen-bond donors (Lipinski definition) is 2. The molecule has 2 amide bonds. The Morgan fingerprint density at radius 1 is 0.893 bits per heavy atom. The molecule has 28 heavy (non-hydrogen) atoms. The first-order chi connectivity index (χ1) is 13.6. The number of benzene rings is 2. The summed E-state index contributed by atoms with van der Waals surface area (Å²) in [6, 6.07) is 17.0. The van der Waals surface area contributed by atoms with Crippen molar-refractivity contribution in [2.45, 2.75) is 12.5 Å². The Hall–Kier alpha value is -2.59. The quantitative estimate of drug-likeness (QED) is 0.348. The molecule has 0 bridgehead atoms. The number of hydrogen-bond acceptors (Lipinski definition) is 6. The van der Waals surface area contributed by atoms with Crippen LogP contribution in [0, 0.1) is 0 Å². The SMILES string of the molecule is CO[Si](CCCNC(=O)Nc1ccc(N=Nc2ccccc2)cc1)(OC)OC. The first-order valence-electron chi connectivity index (χ1n) is 8.88. The van der Waals surface area contributed by atoms with Gasteiger partial charge in [0, 0.05) is 39.6 Å². The van der Waals surface area contributed by atoms with Crippen molar-refractivity contribution in [1.82, 2.24) is 5.32 Å². The Morgan fingerprint density at radius 3 is 2.04 bits per heavy atom. The topological polar surface area (TPSA) is 93.5 Å². The number of nitrogens with one attached hydrogen (secondary N) is 2. The molecule has 0 heterocycles. The fourth-order valence-corrected chi connectivity index (χ4v) is 4.18. The van der Waals surface area contributed by atoms with Gasteiger partial charge in [-0.05, 0) is 42.8 Å². The average Bonchev–Trinajstić information content (AvgIpc) is 2.75. The number of anilines is 1. The molecule has 0 aliphatic heterocycles. The lowest BCUT2D eigenvalue weighted by Crippen LogP contribution is -2.43. The van der Waals surface area contributed by atoms with Gasteiger partial charge in [-0.25, -0.2) is 4.79 Å². The van der Waals surface area contributed by atoms with E-state index in [0.29, 0.717) is 30.4 Å². The first kappa shape index (κ1) is 21.7. The summed E-state index contributed by atoms with van der Waals surface area (Å²) >= 11 is 0. The number of azo groups is 1. The summed E-state index contributed by atoms with van der Waals surface area (Å²) in [5.41, 5.74) is 2.16. The second-order valence-corrected chi connectivity index (χ2v) is 8.95. The Balaban J connectivity index is 1.76. The molecular formula is C19H26N4O4Si. The summed E-state index contributed by atoms with van der Waals surface area (Å²) in [7, 11) is 2.12. The maximum Gasteiger partial charge on any atom is 0.500 e. The van der Waals surface area contributed by atoms with E-state index in [1.807, 2.05) is 30.3 Å². The minimum atomic E-state index is -2.59. The summed E-state index contributed by atoms with van der Waals surface area (Å²) in [6.07, 6.45) is 0.688. The lowest BCUT2D eigenvalue weighted by molar-refractivity contribution is 0.123. The highest BCUT2D eigenvalue weighted by molar-refractivity contribution is 6.60. The van der Waals surface area contributed by atoms with Crippen molar-refractivity contribution < 1.29 is 18.1 Å². The molecule has 0 aromatic heterocycles. The van der Waals surface area contributed by atoms with E-state index in [0.717, 1.165) is 5.69 Å². The van der Waals surface area contributed by atoms with Gasteiger partial charge in [-0.1, -0.05) is 18.2 Å². The van der Waals surface area contributed by atoms with Gasteiger partial charge in [-0.3, -0.25) is 0 Å². The van der Waals surface area contributed by atoms with Crippen LogP contribution < -0.4 is 10.6 Å². The van der Waals surface area contributed by atoms with Crippen LogP contribution in [-0.4, -0.2) is 42.7 Å². The Bertz CT molecular complexity index is 744. The third-order valence-electron chi connectivity index (χ3n) is 4.04. The van der Waals surface area contributed by atoms with E-state index >= 15 is 0 Å². The van der Waals surface area contributed by atoms with E-state index in [2.05, 4.69) is 20.9 Å². The maximum atomic E-state index is 12.0. The third-order valence-corrected chi connectivity index (χ3v) is 6.87. The number of carbonyl (C=O) groups is 1. The highest BCUT2D eigenvalue weighted by Gasteiger charge is 2.36. The molecule has 0 unspecified atom stereocenters. The van der Waals surface area contributed by atoms with Gasteiger partial charge in [0.05, 0.1) is 11.4 Å². The Morgan fingerprint density at radius 2 is 1.46 bits per heavy atom. The van der Waals surface area contributed by atoms with Crippen molar-refractivity contribution in [2.75, 3.05) is 33.2 Å². The van der Waals surface area contributed by atoms with Gasteiger partial charge in [-0.2, -0.15) is 10.2 Å². The molecule has 9 heteroatoms. The predicted molar refractivity (Wildman–Crippen MR) is 110 cm³/mol. The maximum absolute atomic E-state index is 12.0. The van der Waals surface area contributed by atoms with Crippen molar-refractivity contribution in [3.05, 3.63) is 54.6 Å². The van der Waals surface area contributed by atoms with E-state index < -0.39 is 8.80 Å². The molecule has 0 fully saturated rings. The van der Waals surface area contributed by atoms with E-state index in [1.165, 1.54) is 0 Å². The molecule has 0 saturated carbocycles. The highest BCUT2D eigenvalue weighted by atomic mass is 28.4. The lowest BCUT2D eigenvalue weighted by atomic mass is 10.3. The fraction of sp³-hybridized carbons (Fsp3) is 0.316. The van der Waals surface area contributed by atoms with E-state index in [-0.39, 0.29) is 6.03 Å². The smallest absolute Gasteiger partial charge is 0.377 e. The van der Waals surface area contributed by atoms with Gasteiger partial charge in [0.2, 0.25) is 0 Å². The van der Waals surface area contributed by atoms with Crippen molar-refractivity contribution in [3.8, 4) is 0 Å². The summed E-state index contributed by atoms with van der Waals surface area (Å²) in [5.74, 6) is 0. The molecule has 8 nitrogen and oxygen atoms in total. The fourth-order valence-electron chi connectivity index (χ4n) is 2.46. The van der Waals surface area contributed by atoms with E-state index in [4.69, 9.17) is 13.3 Å². The van der Waals surface area contributed by atoms with Crippen LogP contribution in [0.25, 0.3) is 0 Å². The van der Waals surface area contributed by atoms with Crippen LogP contribution in [0.3, 0.4) is 0 Å². The third kappa shape index (κ3) is 6.85. The van der Waals surface area contributed by atoms with Crippen LogP contribution in [0.4, 0.5) is 21.9 Å². The lowest BCUT2D eigenvalue weighted by Gasteiger charge is -2.24. The van der Waals surface area contributed by atoms with E-state index in [1.54, 1.807) is 45.6 Å². The van der Waals surface area contributed by atoms with Crippen molar-refractivity contribution in [3.63, 3.8) is 0 Å². The summed E-state index contributed by atoms with van der Waals surface area (Å²) in [6.45, 7) is 0.486. The number of urea groups is 1. The zero-order chi connectivity index (χ0) is 20.2. The molecule has 0 spiro atoms. The molecule has 2 N–H and O–H groups in total. The number of carbonyl (C=O) groups excluding carboxylic acids is 1. The van der Waals surface area contributed by atoms with Gasteiger partial charge in [0.15, 0.2) is 0 Å². The van der Waals surface area contributed by atoms with Crippen LogP contribution in [-0.2, 0) is 13.3 Å². The van der Waals surface area contributed by atoms with Crippen molar-refractivity contribution >= 4 is 31.9 Å². The normalized spacial score (nSPS) is 11.5. The molecule has 2 aromatic carbocycles. The standard InChI is InChI=1S/C19H26N4O4Si/c1-25-28(26-2,27-3)15-7-14-20-19(24)21-16-10-12-18(13-11-16)23-22-17-8-5-4-6-9-17/h4-6,8-13H,7,14-15H2,1-3H3,(H2,20,21,24). The molecule has 0 atom stereocenters. The van der Waals surface area contributed by atoms with Crippen LogP contribution in [0.1, 0.15) is 6.42 Å². The zero-order valence-electron chi connectivity index (χ0n) is 16.3. The summed E-state index contributed by atoms with van der Waals surface area (Å²) in [4.78, 5) is 12.0. The van der Waals surface area contributed by atoms with E-state index in [9.17, 15) is 4.79 Å². The number of nitrogens with zero attached hydrogens (tertiary/aromatic N) is 2. The van der Waals surface area contributed by atoms with Gasteiger partial charge < -0.3 is 23.9 Å². The molecule has 0 aliphatic carbocycles. The molecular weight excluding hydrogens is 376 g/mol. The monoisotopic (exact) mass is 402 g/mol. The summed E-state index contributed by atoms with van der Waals surface area (Å²) in [5, 5.41) is 13.9. The first-order valence-corrected chi connectivity index (χ1v) is 10.8. The predicted octanol–water partition coefficient (Wildman–Crippen LogP) is 4.49. The summed E-state index contributed by atoms with van der Waals surface area (Å²) < 4.78 is 16.0. The highest BCUT2D eigenvalue weighted by Crippen LogP contribution is 2.20. The van der Waals surface area contributed by atoms with Gasteiger partial charge in [-0.15, -0.1) is 0 Å². The molecule has 2 aromatic rings. The molecule has 0 aliphatic rings. The second kappa shape index (κ2) is 11.3. The van der Waals surface area contributed by atoms with Crippen LogP contribution >= 0.6 is 0 Å². The van der Waals surface area contributed by atoms with Crippen molar-refractivity contribution in [2.24, 2.45) is 10.2 Å².